The number of carbonyl (C=O) groups excluding carboxylic acids is 1. The Kier molecular flexibility index (Phi) is 10.2. The number of aromatic nitrogens is 5. The van der Waals surface area contributed by atoms with Crippen LogP contribution in [-0.2, 0) is 24.3 Å². The van der Waals surface area contributed by atoms with Gasteiger partial charge in [-0.15, -0.1) is 0 Å². The summed E-state index contributed by atoms with van der Waals surface area (Å²) in [6.07, 6.45) is 4.10. The van der Waals surface area contributed by atoms with Gasteiger partial charge in [0.05, 0.1) is 13.1 Å². The van der Waals surface area contributed by atoms with Crippen LogP contribution in [0.1, 0.15) is 69.8 Å². The molecule has 2 atom stereocenters. The number of nitrogens with one attached hydrogen (secondary N) is 1. The minimum absolute atomic E-state index is 0.225. The van der Waals surface area contributed by atoms with E-state index in [1.54, 1.807) is 4.57 Å². The normalized spacial score (nSPS) is 21.7. The molecule has 0 spiro atoms. The Labute approximate surface area is 241 Å². The van der Waals surface area contributed by atoms with Crippen molar-refractivity contribution in [3.63, 3.8) is 0 Å². The minimum atomic E-state index is -5.19. The summed E-state index contributed by atoms with van der Waals surface area (Å²) in [6, 6.07) is 6.13. The van der Waals surface area contributed by atoms with Gasteiger partial charge >= 0.3 is 11.9 Å². The van der Waals surface area contributed by atoms with Crippen LogP contribution in [0.3, 0.4) is 0 Å². The molecule has 42 heavy (non-hydrogen) atoms. The van der Waals surface area contributed by atoms with Crippen LogP contribution in [0.4, 0.5) is 13.2 Å². The number of carboxylic acids is 1. The molecule has 5 rings (SSSR count). The van der Waals surface area contributed by atoms with Crippen molar-refractivity contribution in [2.45, 2.75) is 84.0 Å². The van der Waals surface area contributed by atoms with Gasteiger partial charge in [-0.05, 0) is 62.5 Å². The number of hydrogen-bond donors (Lipinski definition) is 2. The number of fused-ring (bicyclic) bond motifs is 3. The molecule has 2 aliphatic carbocycles. The lowest BCUT2D eigenvalue weighted by Gasteiger charge is -2.33. The number of aliphatic carboxylic acids is 1. The van der Waals surface area contributed by atoms with E-state index >= 15 is 0 Å². The van der Waals surface area contributed by atoms with Gasteiger partial charge in [-0.3, -0.25) is 18.9 Å². The highest BCUT2D eigenvalue weighted by atomic mass is 19.4. The number of quaternary nitrogens is 1. The second-order valence-corrected chi connectivity index (χ2v) is 11.3. The zero-order chi connectivity index (χ0) is 30.4. The number of aromatic amines is 1. The summed E-state index contributed by atoms with van der Waals surface area (Å²) in [5, 5.41) is 11.3. The molecule has 2 fully saturated rings. The Hall–Kier alpha value is -3.48. The quantitative estimate of drug-likeness (QED) is 0.344. The maximum atomic E-state index is 13.1. The number of aryl methyl sites for hydroxylation is 1. The highest BCUT2D eigenvalue weighted by Gasteiger charge is 2.44. The third-order valence-corrected chi connectivity index (χ3v) is 8.46. The average molecular weight is 593 g/mol. The van der Waals surface area contributed by atoms with E-state index in [1.165, 1.54) is 29.6 Å². The van der Waals surface area contributed by atoms with E-state index in [0.29, 0.717) is 42.0 Å². The van der Waals surface area contributed by atoms with Gasteiger partial charge in [0.1, 0.15) is 17.3 Å². The molecule has 0 saturated heterocycles. The largest absolute Gasteiger partial charge is 0.542 e. The number of alkyl halides is 3. The fourth-order valence-corrected chi connectivity index (χ4v) is 6.59. The number of hydrogen-bond acceptors (Lipinski definition) is 6. The van der Waals surface area contributed by atoms with Crippen molar-refractivity contribution in [3.8, 4) is 0 Å². The molecule has 230 valence electrons. The number of nitrogens with two attached hydrogens (primary N) is 1. The molecular weight excluding hydrogens is 553 g/mol. The van der Waals surface area contributed by atoms with Crippen LogP contribution >= 0.6 is 0 Å². The Morgan fingerprint density at radius 2 is 1.74 bits per heavy atom. The molecule has 3 heterocycles. The lowest BCUT2D eigenvalue weighted by molar-refractivity contribution is -0.661. The van der Waals surface area contributed by atoms with E-state index < -0.39 is 12.1 Å². The van der Waals surface area contributed by atoms with Crippen LogP contribution in [0, 0.1) is 17.8 Å². The van der Waals surface area contributed by atoms with Gasteiger partial charge in [-0.2, -0.15) is 13.2 Å². The fraction of sp³-hybridized carbons (Fsp3) is 0.621. The molecule has 2 bridgehead atoms. The van der Waals surface area contributed by atoms with Crippen molar-refractivity contribution in [1.29, 1.82) is 0 Å². The van der Waals surface area contributed by atoms with Crippen LogP contribution in [0.2, 0.25) is 0 Å². The number of halogens is 3. The van der Waals surface area contributed by atoms with Crippen molar-refractivity contribution in [2.75, 3.05) is 13.1 Å². The van der Waals surface area contributed by atoms with Crippen LogP contribution < -0.4 is 21.7 Å². The van der Waals surface area contributed by atoms with Gasteiger partial charge < -0.3 is 20.2 Å². The molecule has 3 N–H and O–H groups in total. The molecule has 0 radical (unpaired) electrons. The van der Waals surface area contributed by atoms with Gasteiger partial charge in [0.25, 0.3) is 5.56 Å². The highest BCUT2D eigenvalue weighted by molar-refractivity contribution is 5.71. The molecule has 3 aromatic rings. The summed E-state index contributed by atoms with van der Waals surface area (Å²) in [6.45, 7) is 7.33. The van der Waals surface area contributed by atoms with Crippen LogP contribution in [0.5, 0.6) is 0 Å². The zero-order valence-electron chi connectivity index (χ0n) is 24.0. The number of carboxylic acid groups (broad SMARTS) is 1. The fourth-order valence-electron chi connectivity index (χ4n) is 6.59. The van der Waals surface area contributed by atoms with Crippen LogP contribution in [0.25, 0.3) is 11.2 Å². The van der Waals surface area contributed by atoms with Crippen LogP contribution in [-0.4, -0.2) is 49.3 Å². The van der Waals surface area contributed by atoms with Gasteiger partial charge in [0, 0.05) is 43.2 Å². The summed E-state index contributed by atoms with van der Waals surface area (Å²) >= 11 is 0. The molecule has 10 nitrogen and oxygen atoms in total. The molecule has 2 saturated carbocycles. The third kappa shape index (κ3) is 7.11. The van der Waals surface area contributed by atoms with Crippen molar-refractivity contribution >= 4 is 17.1 Å². The summed E-state index contributed by atoms with van der Waals surface area (Å²) in [4.78, 5) is 47.6. The Morgan fingerprint density at radius 1 is 1.10 bits per heavy atom. The number of pyridine rings is 1. The SMILES string of the molecule is CCCn1c(=O)c2[nH]c(C3CC4CCC(C3)C4C[NH2+]CCc3ccccn3)nc2n(CCC)c1=O.O=C([O-])C(F)(F)F. The van der Waals surface area contributed by atoms with E-state index in [4.69, 9.17) is 14.9 Å². The smallest absolute Gasteiger partial charge is 0.430 e. The van der Waals surface area contributed by atoms with E-state index in [-0.39, 0.29) is 11.2 Å². The topological polar surface area (TPSA) is 142 Å². The van der Waals surface area contributed by atoms with Crippen molar-refractivity contribution in [2.24, 2.45) is 17.8 Å². The number of nitrogens with zero attached hydrogens (tertiary/aromatic N) is 4. The molecular formula is C29H39F3N6O4. The molecule has 3 aromatic heterocycles. The Bertz CT molecular complexity index is 1450. The molecule has 2 aliphatic rings. The van der Waals surface area contributed by atoms with Crippen molar-refractivity contribution < 1.29 is 28.4 Å². The second kappa shape index (κ2) is 13.7. The molecule has 0 amide bonds. The van der Waals surface area contributed by atoms with Gasteiger partial charge in [0.2, 0.25) is 0 Å². The zero-order valence-corrected chi connectivity index (χ0v) is 24.0. The van der Waals surface area contributed by atoms with E-state index in [0.717, 1.165) is 50.4 Å². The standard InChI is InChI=1S/C27H38N6O2.C2HF3O2/c1-3-13-32-25-23(26(34)33(14-4-2)27(32)35)30-24(31-25)20-15-18-8-9-19(16-20)22(18)17-28-12-10-21-7-5-6-11-29-21;3-2(4,5)1(6)7/h5-7,11,18-20,22,28H,3-4,8-10,12-17H2,1-2H3,(H,30,31);(H,6,7). The molecule has 0 aromatic carbocycles. The molecule has 0 aliphatic heterocycles. The predicted molar refractivity (Wildman–Crippen MR) is 148 cm³/mol. The lowest BCUT2D eigenvalue weighted by atomic mass is 9.73. The molecule has 2 unspecified atom stereocenters. The predicted octanol–water partition coefficient (Wildman–Crippen LogP) is 1.73. The van der Waals surface area contributed by atoms with E-state index in [2.05, 4.69) is 27.4 Å². The first-order chi connectivity index (χ1) is 20.0. The van der Waals surface area contributed by atoms with E-state index in [1.807, 2.05) is 26.1 Å². The summed E-state index contributed by atoms with van der Waals surface area (Å²) in [5.41, 5.74) is 1.76. The first-order valence-electron chi connectivity index (χ1n) is 14.8. The summed E-state index contributed by atoms with van der Waals surface area (Å²) in [5.74, 6) is 0.436. The molecule has 13 heteroatoms. The number of H-pyrrole nitrogens is 1. The van der Waals surface area contributed by atoms with Crippen LogP contribution in [0.15, 0.2) is 34.0 Å². The number of rotatable bonds is 10. The first kappa shape index (κ1) is 31.5. The van der Waals surface area contributed by atoms with Crippen molar-refractivity contribution in [3.05, 3.63) is 56.8 Å². The number of carbonyl (C=O) groups is 1. The average Bonchev–Trinajstić information content (AvgIpc) is 3.50. The third-order valence-electron chi connectivity index (χ3n) is 8.46. The van der Waals surface area contributed by atoms with E-state index in [9.17, 15) is 22.8 Å². The second-order valence-electron chi connectivity index (χ2n) is 11.3. The number of imidazole rings is 1. The van der Waals surface area contributed by atoms with Gasteiger partial charge in [-0.1, -0.05) is 19.9 Å². The van der Waals surface area contributed by atoms with Gasteiger partial charge in [-0.25, -0.2) is 9.78 Å². The lowest BCUT2D eigenvalue weighted by Crippen LogP contribution is -2.86. The monoisotopic (exact) mass is 592 g/mol. The maximum Gasteiger partial charge on any atom is 0.430 e. The maximum absolute atomic E-state index is 13.1. The minimum Gasteiger partial charge on any atom is -0.542 e. The van der Waals surface area contributed by atoms with Crippen molar-refractivity contribution in [1.82, 2.24) is 24.1 Å². The summed E-state index contributed by atoms with van der Waals surface area (Å²) < 4.78 is 34.6. The Morgan fingerprint density at radius 3 is 2.31 bits per heavy atom. The highest BCUT2D eigenvalue weighted by Crippen LogP contribution is 2.51. The van der Waals surface area contributed by atoms with Gasteiger partial charge in [0.15, 0.2) is 5.65 Å². The summed E-state index contributed by atoms with van der Waals surface area (Å²) in [7, 11) is 0. The first-order valence-corrected chi connectivity index (χ1v) is 14.8. The Balaban J connectivity index is 0.000000517.